The molecule has 0 spiro atoms. The normalized spacial score (nSPS) is 12.4. The number of hydrogen-bond acceptors (Lipinski definition) is 3. The van der Waals surface area contributed by atoms with Gasteiger partial charge in [-0.25, -0.2) is 4.98 Å². The Morgan fingerprint density at radius 1 is 1.38 bits per heavy atom. The highest BCUT2D eigenvalue weighted by Gasteiger charge is 2.18. The van der Waals surface area contributed by atoms with Crippen molar-refractivity contribution in [3.63, 3.8) is 0 Å². The summed E-state index contributed by atoms with van der Waals surface area (Å²) in [5, 5.41) is 3.59. The Morgan fingerprint density at radius 3 is 2.81 bits per heavy atom. The molecule has 1 unspecified atom stereocenters. The van der Waals surface area contributed by atoms with Gasteiger partial charge in [0.25, 0.3) is 0 Å². The highest BCUT2D eigenvalue weighted by Crippen LogP contribution is 2.25. The van der Waals surface area contributed by atoms with E-state index in [1.807, 2.05) is 25.5 Å². The number of aryl methyl sites for hydroxylation is 2. The van der Waals surface area contributed by atoms with E-state index in [1.165, 1.54) is 11.1 Å². The van der Waals surface area contributed by atoms with Crippen molar-refractivity contribution in [2.24, 2.45) is 7.05 Å². The lowest BCUT2D eigenvalue weighted by atomic mass is 10.0. The van der Waals surface area contributed by atoms with Gasteiger partial charge < -0.3 is 14.6 Å². The number of imidazole rings is 1. The molecule has 1 atom stereocenters. The van der Waals surface area contributed by atoms with Crippen molar-refractivity contribution in [2.45, 2.75) is 32.7 Å². The minimum atomic E-state index is 0.195. The molecule has 21 heavy (non-hydrogen) atoms. The zero-order valence-corrected chi connectivity index (χ0v) is 13.4. The lowest BCUT2D eigenvalue weighted by molar-refractivity contribution is 0.403. The fraction of sp³-hybridized carbons (Fsp3) is 0.471. The van der Waals surface area contributed by atoms with Crippen molar-refractivity contribution < 1.29 is 4.74 Å². The number of nitrogens with one attached hydrogen (secondary N) is 1. The highest BCUT2D eigenvalue weighted by atomic mass is 16.5. The summed E-state index contributed by atoms with van der Waals surface area (Å²) >= 11 is 0. The van der Waals surface area contributed by atoms with Crippen LogP contribution in [0.25, 0.3) is 0 Å². The van der Waals surface area contributed by atoms with Crippen LogP contribution in [0.2, 0.25) is 0 Å². The summed E-state index contributed by atoms with van der Waals surface area (Å²) in [4.78, 5) is 4.50. The predicted octanol–water partition coefficient (Wildman–Crippen LogP) is 3.02. The number of rotatable bonds is 7. The summed E-state index contributed by atoms with van der Waals surface area (Å²) in [6.45, 7) is 5.26. The van der Waals surface area contributed by atoms with Gasteiger partial charge in [-0.2, -0.15) is 0 Å². The van der Waals surface area contributed by atoms with Crippen molar-refractivity contribution in [1.82, 2.24) is 14.9 Å². The van der Waals surface area contributed by atoms with Crippen molar-refractivity contribution in [3.05, 3.63) is 47.5 Å². The molecule has 4 nitrogen and oxygen atoms in total. The molecule has 0 bridgehead atoms. The number of nitrogens with zero attached hydrogens (tertiary/aromatic N) is 2. The van der Waals surface area contributed by atoms with Crippen LogP contribution >= 0.6 is 0 Å². The van der Waals surface area contributed by atoms with Crippen LogP contribution in [0.15, 0.2) is 30.6 Å². The topological polar surface area (TPSA) is 39.1 Å². The second-order valence-corrected chi connectivity index (χ2v) is 5.42. The van der Waals surface area contributed by atoms with Gasteiger partial charge in [-0.15, -0.1) is 0 Å². The molecule has 2 rings (SSSR count). The van der Waals surface area contributed by atoms with Gasteiger partial charge in [0.2, 0.25) is 0 Å². The van der Waals surface area contributed by atoms with Crippen LogP contribution in [0, 0.1) is 6.92 Å². The molecule has 1 aromatic heterocycles. The summed E-state index contributed by atoms with van der Waals surface area (Å²) in [5.74, 6) is 2.00. The maximum atomic E-state index is 5.50. The molecule has 0 aliphatic heterocycles. The fourth-order valence-corrected chi connectivity index (χ4v) is 2.57. The molecule has 0 saturated carbocycles. The number of ether oxygens (including phenoxy) is 1. The maximum absolute atomic E-state index is 5.50. The molecular formula is C17H25N3O. The van der Waals surface area contributed by atoms with Gasteiger partial charge in [0, 0.05) is 19.4 Å². The third-order valence-electron chi connectivity index (χ3n) is 3.67. The number of methoxy groups -OCH3 is 1. The molecule has 0 fully saturated rings. The zero-order chi connectivity index (χ0) is 15.2. The lowest BCUT2D eigenvalue weighted by Crippen LogP contribution is -2.26. The van der Waals surface area contributed by atoms with Gasteiger partial charge in [0.15, 0.2) is 0 Å². The first-order valence-corrected chi connectivity index (χ1v) is 7.49. The third kappa shape index (κ3) is 3.85. The van der Waals surface area contributed by atoms with E-state index < -0.39 is 0 Å². The summed E-state index contributed by atoms with van der Waals surface area (Å²) in [7, 11) is 3.76. The Hall–Kier alpha value is -1.81. The monoisotopic (exact) mass is 287 g/mol. The maximum Gasteiger partial charge on any atom is 0.125 e. The van der Waals surface area contributed by atoms with Crippen LogP contribution in [-0.2, 0) is 13.5 Å². The molecule has 0 saturated heterocycles. The van der Waals surface area contributed by atoms with Gasteiger partial charge >= 0.3 is 0 Å². The quantitative estimate of drug-likeness (QED) is 0.851. The van der Waals surface area contributed by atoms with Crippen molar-refractivity contribution in [1.29, 1.82) is 0 Å². The van der Waals surface area contributed by atoms with Crippen LogP contribution in [0.1, 0.15) is 36.3 Å². The Kier molecular flexibility index (Phi) is 5.39. The second kappa shape index (κ2) is 7.27. The molecule has 1 N–H and O–H groups in total. The largest absolute Gasteiger partial charge is 0.496 e. The van der Waals surface area contributed by atoms with E-state index in [4.69, 9.17) is 4.74 Å². The number of benzene rings is 1. The minimum Gasteiger partial charge on any atom is -0.496 e. The van der Waals surface area contributed by atoms with Crippen molar-refractivity contribution >= 4 is 0 Å². The first-order chi connectivity index (χ1) is 10.2. The van der Waals surface area contributed by atoms with E-state index in [1.54, 1.807) is 7.11 Å². The lowest BCUT2D eigenvalue weighted by Gasteiger charge is -2.20. The Labute approximate surface area is 127 Å². The van der Waals surface area contributed by atoms with Crippen LogP contribution in [-0.4, -0.2) is 23.2 Å². The van der Waals surface area contributed by atoms with Crippen LogP contribution in [0.4, 0.5) is 0 Å². The molecule has 114 valence electrons. The van der Waals surface area contributed by atoms with E-state index in [-0.39, 0.29) is 6.04 Å². The summed E-state index contributed by atoms with van der Waals surface area (Å²) in [6, 6.07) is 6.51. The number of hydrogen-bond donors (Lipinski definition) is 1. The van der Waals surface area contributed by atoms with E-state index in [2.05, 4.69) is 40.8 Å². The van der Waals surface area contributed by atoms with E-state index >= 15 is 0 Å². The van der Waals surface area contributed by atoms with Gasteiger partial charge in [-0.05, 0) is 37.9 Å². The Bertz CT molecular complexity index is 577. The third-order valence-corrected chi connectivity index (χ3v) is 3.67. The average Bonchev–Trinajstić information content (AvgIpc) is 2.90. The molecule has 1 aromatic carbocycles. The van der Waals surface area contributed by atoms with Gasteiger partial charge in [0.1, 0.15) is 11.6 Å². The Balaban J connectivity index is 2.26. The molecule has 0 aliphatic rings. The number of aromatic nitrogens is 2. The molecular weight excluding hydrogens is 262 g/mol. The highest BCUT2D eigenvalue weighted by molar-refractivity contribution is 5.37. The van der Waals surface area contributed by atoms with E-state index in [0.29, 0.717) is 0 Å². The van der Waals surface area contributed by atoms with Crippen molar-refractivity contribution in [3.8, 4) is 5.75 Å². The standard InChI is InChI=1S/C17H25N3O/c1-5-8-18-15(17-19-9-10-20(17)3)12-14-11-13(2)6-7-16(14)21-4/h6-7,9-11,15,18H,5,8,12H2,1-4H3. The van der Waals surface area contributed by atoms with Gasteiger partial charge in [-0.3, -0.25) is 0 Å². The summed E-state index contributed by atoms with van der Waals surface area (Å²) in [5.41, 5.74) is 2.47. The van der Waals surface area contributed by atoms with Crippen LogP contribution in [0.3, 0.4) is 0 Å². The summed E-state index contributed by atoms with van der Waals surface area (Å²) < 4.78 is 7.58. The molecule has 0 amide bonds. The average molecular weight is 287 g/mol. The minimum absolute atomic E-state index is 0.195. The molecule has 0 aliphatic carbocycles. The van der Waals surface area contributed by atoms with Crippen LogP contribution < -0.4 is 10.1 Å². The van der Waals surface area contributed by atoms with E-state index in [9.17, 15) is 0 Å². The van der Waals surface area contributed by atoms with Crippen molar-refractivity contribution in [2.75, 3.05) is 13.7 Å². The van der Waals surface area contributed by atoms with Gasteiger partial charge in [0.05, 0.1) is 13.2 Å². The Morgan fingerprint density at radius 2 is 2.19 bits per heavy atom. The first-order valence-electron chi connectivity index (χ1n) is 7.49. The molecule has 4 heteroatoms. The van der Waals surface area contributed by atoms with E-state index in [0.717, 1.165) is 31.0 Å². The predicted molar refractivity (Wildman–Crippen MR) is 85.7 cm³/mol. The second-order valence-electron chi connectivity index (χ2n) is 5.42. The molecule has 0 radical (unpaired) electrons. The van der Waals surface area contributed by atoms with Crippen LogP contribution in [0.5, 0.6) is 5.75 Å². The SMILES string of the molecule is CCCNC(Cc1cc(C)ccc1OC)c1nccn1C. The zero-order valence-electron chi connectivity index (χ0n) is 13.4. The van der Waals surface area contributed by atoms with Gasteiger partial charge in [-0.1, -0.05) is 24.6 Å². The fourth-order valence-electron chi connectivity index (χ4n) is 2.57. The smallest absolute Gasteiger partial charge is 0.125 e. The molecule has 2 aromatic rings. The first kappa shape index (κ1) is 15.6. The molecule has 1 heterocycles. The summed E-state index contributed by atoms with van der Waals surface area (Å²) in [6.07, 6.45) is 5.81.